The zero-order valence-electron chi connectivity index (χ0n) is 10.4. The van der Waals surface area contributed by atoms with Gasteiger partial charge in [-0.1, -0.05) is 18.2 Å². The molecule has 0 aliphatic carbocycles. The second kappa shape index (κ2) is 5.37. The maximum Gasteiger partial charge on any atom is 0.305 e. The molecule has 5 nitrogen and oxygen atoms in total. The topological polar surface area (TPSA) is 70.6 Å². The number of para-hydroxylation sites is 1. The SMILES string of the molecule is COCc1ccccc1NC1(CC(=O)O)CNC1. The van der Waals surface area contributed by atoms with Gasteiger partial charge in [-0.15, -0.1) is 0 Å². The first-order chi connectivity index (χ1) is 8.65. The maximum absolute atomic E-state index is 10.9. The summed E-state index contributed by atoms with van der Waals surface area (Å²) in [6, 6.07) is 7.81. The van der Waals surface area contributed by atoms with Gasteiger partial charge in [-0.3, -0.25) is 4.79 Å². The van der Waals surface area contributed by atoms with E-state index in [0.29, 0.717) is 19.7 Å². The van der Waals surface area contributed by atoms with Gasteiger partial charge >= 0.3 is 5.97 Å². The van der Waals surface area contributed by atoms with Crippen LogP contribution < -0.4 is 10.6 Å². The van der Waals surface area contributed by atoms with Crippen LogP contribution in [0.15, 0.2) is 24.3 Å². The first kappa shape index (κ1) is 12.9. The van der Waals surface area contributed by atoms with Crippen LogP contribution in [0.25, 0.3) is 0 Å². The molecular formula is C13H18N2O3. The second-order valence-electron chi connectivity index (χ2n) is 4.67. The number of nitrogens with one attached hydrogen (secondary N) is 2. The van der Waals surface area contributed by atoms with E-state index in [2.05, 4.69) is 10.6 Å². The van der Waals surface area contributed by atoms with Gasteiger partial charge in [-0.2, -0.15) is 0 Å². The predicted molar refractivity (Wildman–Crippen MR) is 68.6 cm³/mol. The Hall–Kier alpha value is -1.59. The van der Waals surface area contributed by atoms with Crippen molar-refractivity contribution in [3.8, 4) is 0 Å². The van der Waals surface area contributed by atoms with Crippen LogP contribution in [0, 0.1) is 0 Å². The van der Waals surface area contributed by atoms with Crippen molar-refractivity contribution < 1.29 is 14.6 Å². The van der Waals surface area contributed by atoms with Gasteiger partial charge in [0.1, 0.15) is 0 Å². The average molecular weight is 250 g/mol. The molecule has 98 valence electrons. The molecule has 1 saturated heterocycles. The average Bonchev–Trinajstić information content (AvgIpc) is 2.28. The lowest BCUT2D eigenvalue weighted by atomic mass is 9.88. The summed E-state index contributed by atoms with van der Waals surface area (Å²) >= 11 is 0. The molecule has 5 heteroatoms. The number of carboxylic acid groups (broad SMARTS) is 1. The number of hydrogen-bond acceptors (Lipinski definition) is 4. The van der Waals surface area contributed by atoms with Gasteiger partial charge in [-0.05, 0) is 6.07 Å². The van der Waals surface area contributed by atoms with Gasteiger partial charge in [-0.25, -0.2) is 0 Å². The highest BCUT2D eigenvalue weighted by Gasteiger charge is 2.39. The van der Waals surface area contributed by atoms with Crippen molar-refractivity contribution in [1.29, 1.82) is 0 Å². The van der Waals surface area contributed by atoms with Crippen molar-refractivity contribution in [1.82, 2.24) is 5.32 Å². The Morgan fingerprint density at radius 3 is 2.78 bits per heavy atom. The van der Waals surface area contributed by atoms with Crippen LogP contribution in [0.5, 0.6) is 0 Å². The molecule has 18 heavy (non-hydrogen) atoms. The number of benzene rings is 1. The molecule has 0 aromatic heterocycles. The van der Waals surface area contributed by atoms with Crippen LogP contribution in [0.1, 0.15) is 12.0 Å². The fourth-order valence-corrected chi connectivity index (χ4v) is 2.18. The van der Waals surface area contributed by atoms with E-state index < -0.39 is 5.97 Å². The van der Waals surface area contributed by atoms with Crippen LogP contribution in [0.3, 0.4) is 0 Å². The minimum Gasteiger partial charge on any atom is -0.481 e. The minimum absolute atomic E-state index is 0.112. The Labute approximate surface area is 106 Å². The Kier molecular flexibility index (Phi) is 3.84. The number of methoxy groups -OCH3 is 1. The van der Waals surface area contributed by atoms with Gasteiger partial charge in [0.25, 0.3) is 0 Å². The Morgan fingerprint density at radius 1 is 1.50 bits per heavy atom. The summed E-state index contributed by atoms with van der Waals surface area (Å²) in [5.74, 6) is -0.784. The molecule has 1 fully saturated rings. The maximum atomic E-state index is 10.9. The zero-order chi connectivity index (χ0) is 13.0. The van der Waals surface area contributed by atoms with E-state index in [0.717, 1.165) is 11.3 Å². The summed E-state index contributed by atoms with van der Waals surface area (Å²) in [6.07, 6.45) is 0.112. The monoisotopic (exact) mass is 250 g/mol. The highest BCUT2D eigenvalue weighted by atomic mass is 16.5. The molecule has 0 unspecified atom stereocenters. The number of ether oxygens (including phenoxy) is 1. The van der Waals surface area contributed by atoms with Gasteiger partial charge in [0.2, 0.25) is 0 Å². The first-order valence-corrected chi connectivity index (χ1v) is 5.93. The number of rotatable bonds is 6. The fourth-order valence-electron chi connectivity index (χ4n) is 2.18. The summed E-state index contributed by atoms with van der Waals surface area (Å²) in [5.41, 5.74) is 1.61. The van der Waals surface area contributed by atoms with Crippen LogP contribution in [-0.2, 0) is 16.1 Å². The molecule has 3 N–H and O–H groups in total. The van der Waals surface area contributed by atoms with Gasteiger partial charge in [0.05, 0.1) is 18.6 Å². The van der Waals surface area contributed by atoms with Crippen molar-refractivity contribution in [3.63, 3.8) is 0 Å². The van der Waals surface area contributed by atoms with Crippen LogP contribution in [0.4, 0.5) is 5.69 Å². The van der Waals surface area contributed by atoms with E-state index in [1.54, 1.807) is 7.11 Å². The van der Waals surface area contributed by atoms with Crippen molar-refractivity contribution in [2.75, 3.05) is 25.5 Å². The van der Waals surface area contributed by atoms with Crippen LogP contribution >= 0.6 is 0 Å². The molecule has 1 aromatic rings. The van der Waals surface area contributed by atoms with E-state index in [4.69, 9.17) is 9.84 Å². The Bertz CT molecular complexity index is 430. The van der Waals surface area contributed by atoms with E-state index in [1.165, 1.54) is 0 Å². The predicted octanol–water partition coefficient (Wildman–Crippen LogP) is 1.06. The third-order valence-electron chi connectivity index (χ3n) is 3.13. The molecular weight excluding hydrogens is 232 g/mol. The van der Waals surface area contributed by atoms with Crippen LogP contribution in [0.2, 0.25) is 0 Å². The molecule has 0 bridgehead atoms. The summed E-state index contributed by atoms with van der Waals surface area (Å²) in [7, 11) is 1.65. The van der Waals surface area contributed by atoms with E-state index in [9.17, 15) is 4.79 Å². The van der Waals surface area contributed by atoms with E-state index in [1.807, 2.05) is 24.3 Å². The smallest absolute Gasteiger partial charge is 0.305 e. The largest absolute Gasteiger partial charge is 0.481 e. The molecule has 0 atom stereocenters. The van der Waals surface area contributed by atoms with Crippen molar-refractivity contribution >= 4 is 11.7 Å². The Balaban J connectivity index is 2.14. The molecule has 0 radical (unpaired) electrons. The lowest BCUT2D eigenvalue weighted by molar-refractivity contribution is -0.138. The summed E-state index contributed by atoms with van der Waals surface area (Å²) in [6.45, 7) is 1.85. The van der Waals surface area contributed by atoms with E-state index in [-0.39, 0.29) is 12.0 Å². The standard InChI is InChI=1S/C13H18N2O3/c1-18-7-10-4-2-3-5-11(10)15-13(6-12(16)17)8-14-9-13/h2-5,14-15H,6-9H2,1H3,(H,16,17). The summed E-state index contributed by atoms with van der Waals surface area (Å²) in [4.78, 5) is 10.9. The van der Waals surface area contributed by atoms with Gasteiger partial charge < -0.3 is 20.5 Å². The van der Waals surface area contributed by atoms with Crippen molar-refractivity contribution in [3.05, 3.63) is 29.8 Å². The van der Waals surface area contributed by atoms with Crippen molar-refractivity contribution in [2.24, 2.45) is 0 Å². The molecule has 0 saturated carbocycles. The third kappa shape index (κ3) is 2.80. The zero-order valence-corrected chi connectivity index (χ0v) is 10.4. The first-order valence-electron chi connectivity index (χ1n) is 5.93. The molecule has 2 rings (SSSR count). The number of carboxylic acids is 1. The molecule has 1 aromatic carbocycles. The number of aliphatic carboxylic acids is 1. The number of hydrogen-bond donors (Lipinski definition) is 3. The fraction of sp³-hybridized carbons (Fsp3) is 0.462. The van der Waals surface area contributed by atoms with Crippen molar-refractivity contribution in [2.45, 2.75) is 18.6 Å². The van der Waals surface area contributed by atoms with E-state index >= 15 is 0 Å². The van der Waals surface area contributed by atoms with Gasteiger partial charge in [0, 0.05) is 31.5 Å². The minimum atomic E-state index is -0.784. The molecule has 1 aliphatic heterocycles. The molecule has 1 heterocycles. The van der Waals surface area contributed by atoms with Crippen LogP contribution in [-0.4, -0.2) is 36.8 Å². The Morgan fingerprint density at radius 2 is 2.22 bits per heavy atom. The summed E-state index contributed by atoms with van der Waals surface area (Å²) in [5, 5.41) is 15.4. The second-order valence-corrected chi connectivity index (χ2v) is 4.67. The quantitative estimate of drug-likeness (QED) is 0.704. The summed E-state index contributed by atoms with van der Waals surface area (Å²) < 4.78 is 5.14. The highest BCUT2D eigenvalue weighted by molar-refractivity contribution is 5.70. The number of carbonyl (C=O) groups is 1. The van der Waals surface area contributed by atoms with Gasteiger partial charge in [0.15, 0.2) is 0 Å². The number of anilines is 1. The highest BCUT2D eigenvalue weighted by Crippen LogP contribution is 2.26. The third-order valence-corrected chi connectivity index (χ3v) is 3.13. The normalized spacial score (nSPS) is 16.9. The molecule has 1 aliphatic rings. The lowest BCUT2D eigenvalue weighted by Gasteiger charge is -2.43. The lowest BCUT2D eigenvalue weighted by Crippen LogP contribution is -2.65. The molecule has 0 amide bonds. The molecule has 0 spiro atoms.